The van der Waals surface area contributed by atoms with Gasteiger partial charge >= 0.3 is 6.03 Å². The highest BCUT2D eigenvalue weighted by molar-refractivity contribution is 7.92. The fraction of sp³-hybridized carbons (Fsp3) is 0.316. The molecular formula is C19H23N3O3S. The average Bonchev–Trinajstić information content (AvgIpc) is 3.01. The van der Waals surface area contributed by atoms with Gasteiger partial charge in [0.1, 0.15) is 0 Å². The monoisotopic (exact) mass is 373 g/mol. The van der Waals surface area contributed by atoms with Gasteiger partial charge in [0, 0.05) is 24.5 Å². The molecule has 0 saturated carbocycles. The molecule has 0 saturated heterocycles. The van der Waals surface area contributed by atoms with Crippen LogP contribution in [0.15, 0.2) is 41.3 Å². The predicted molar refractivity (Wildman–Crippen MR) is 103 cm³/mol. The lowest BCUT2D eigenvalue weighted by molar-refractivity contribution is 0.247. The summed E-state index contributed by atoms with van der Waals surface area (Å²) in [5, 5.41) is 2.77. The molecule has 2 N–H and O–H groups in total. The van der Waals surface area contributed by atoms with E-state index in [1.54, 1.807) is 29.2 Å². The fourth-order valence-electron chi connectivity index (χ4n) is 3.02. The summed E-state index contributed by atoms with van der Waals surface area (Å²) in [7, 11) is -3.68. The van der Waals surface area contributed by atoms with Crippen LogP contribution in [0, 0.1) is 13.8 Å². The van der Waals surface area contributed by atoms with E-state index in [2.05, 4.69) is 10.0 Å². The standard InChI is InChI=1S/C19H23N3O3S/c1-4-20-19(23)22-10-9-15-12-17(7-8-18(15)22)26(24,25)21-16-6-5-13(2)14(3)11-16/h5-8,11-12,21H,4,9-10H2,1-3H3,(H,20,23). The number of amides is 2. The lowest BCUT2D eigenvalue weighted by Gasteiger charge is -2.17. The molecule has 1 heterocycles. The lowest BCUT2D eigenvalue weighted by atomic mass is 10.1. The number of aryl methyl sites for hydroxylation is 2. The molecule has 7 heteroatoms. The van der Waals surface area contributed by atoms with Crippen LogP contribution in [0.3, 0.4) is 0 Å². The largest absolute Gasteiger partial charge is 0.338 e. The maximum absolute atomic E-state index is 12.7. The number of benzene rings is 2. The second-order valence-corrected chi connectivity index (χ2v) is 8.11. The Bertz CT molecular complexity index is 954. The second-order valence-electron chi connectivity index (χ2n) is 6.43. The van der Waals surface area contributed by atoms with E-state index < -0.39 is 10.0 Å². The van der Waals surface area contributed by atoms with Crippen LogP contribution in [0.2, 0.25) is 0 Å². The van der Waals surface area contributed by atoms with Crippen LogP contribution in [0.5, 0.6) is 0 Å². The van der Waals surface area contributed by atoms with Gasteiger partial charge in [0.25, 0.3) is 10.0 Å². The molecule has 2 aromatic carbocycles. The van der Waals surface area contributed by atoms with Crippen molar-refractivity contribution in [3.63, 3.8) is 0 Å². The van der Waals surface area contributed by atoms with Gasteiger partial charge in [-0.05, 0) is 74.2 Å². The topological polar surface area (TPSA) is 78.5 Å². The van der Waals surface area contributed by atoms with Crippen molar-refractivity contribution in [2.45, 2.75) is 32.1 Å². The van der Waals surface area contributed by atoms with Gasteiger partial charge in [-0.15, -0.1) is 0 Å². The summed E-state index contributed by atoms with van der Waals surface area (Å²) in [5.74, 6) is 0. The van der Waals surface area contributed by atoms with Crippen molar-refractivity contribution in [2.75, 3.05) is 22.7 Å². The molecule has 0 bridgehead atoms. The number of carbonyl (C=O) groups excluding carboxylic acids is 1. The minimum absolute atomic E-state index is 0.157. The van der Waals surface area contributed by atoms with Crippen molar-refractivity contribution in [3.05, 3.63) is 53.1 Å². The van der Waals surface area contributed by atoms with E-state index in [1.165, 1.54) is 0 Å². The van der Waals surface area contributed by atoms with Gasteiger partial charge in [-0.2, -0.15) is 0 Å². The minimum atomic E-state index is -3.68. The summed E-state index contributed by atoms with van der Waals surface area (Å²) < 4.78 is 28.1. The highest BCUT2D eigenvalue weighted by Gasteiger charge is 2.26. The molecule has 0 unspecified atom stereocenters. The van der Waals surface area contributed by atoms with Gasteiger partial charge in [0.05, 0.1) is 4.90 Å². The summed E-state index contributed by atoms with van der Waals surface area (Å²) >= 11 is 0. The quantitative estimate of drug-likeness (QED) is 0.864. The van der Waals surface area contributed by atoms with Crippen LogP contribution in [0.4, 0.5) is 16.2 Å². The van der Waals surface area contributed by atoms with Gasteiger partial charge < -0.3 is 5.32 Å². The van der Waals surface area contributed by atoms with E-state index in [9.17, 15) is 13.2 Å². The Kier molecular flexibility index (Phi) is 4.91. The zero-order chi connectivity index (χ0) is 18.9. The number of hydrogen-bond acceptors (Lipinski definition) is 3. The van der Waals surface area contributed by atoms with Crippen molar-refractivity contribution in [1.82, 2.24) is 5.32 Å². The van der Waals surface area contributed by atoms with E-state index in [1.807, 2.05) is 32.9 Å². The lowest BCUT2D eigenvalue weighted by Crippen LogP contribution is -2.38. The van der Waals surface area contributed by atoms with E-state index in [0.29, 0.717) is 25.2 Å². The van der Waals surface area contributed by atoms with Gasteiger partial charge in [-0.25, -0.2) is 13.2 Å². The van der Waals surface area contributed by atoms with Gasteiger partial charge in [-0.3, -0.25) is 9.62 Å². The molecule has 2 amide bonds. The van der Waals surface area contributed by atoms with Gasteiger partial charge in [0.2, 0.25) is 0 Å². The SMILES string of the molecule is CCNC(=O)N1CCc2cc(S(=O)(=O)Nc3ccc(C)c(C)c3)ccc21. The first-order valence-corrected chi connectivity index (χ1v) is 10.1. The number of nitrogens with one attached hydrogen (secondary N) is 2. The molecular weight excluding hydrogens is 350 g/mol. The van der Waals surface area contributed by atoms with Gasteiger partial charge in [-0.1, -0.05) is 6.07 Å². The molecule has 0 radical (unpaired) electrons. The Morgan fingerprint density at radius 1 is 1.12 bits per heavy atom. The number of carbonyl (C=O) groups is 1. The molecule has 0 aliphatic carbocycles. The molecule has 0 fully saturated rings. The van der Waals surface area contributed by atoms with E-state index >= 15 is 0 Å². The summed E-state index contributed by atoms with van der Waals surface area (Å²) in [5.41, 5.74) is 4.30. The highest BCUT2D eigenvalue weighted by Crippen LogP contribution is 2.31. The molecule has 1 aliphatic heterocycles. The molecule has 138 valence electrons. The third-order valence-electron chi connectivity index (χ3n) is 4.59. The predicted octanol–water partition coefficient (Wildman–Crippen LogP) is 3.20. The molecule has 3 rings (SSSR count). The number of sulfonamides is 1. The third-order valence-corrected chi connectivity index (χ3v) is 5.97. The first-order chi connectivity index (χ1) is 12.3. The average molecular weight is 373 g/mol. The van der Waals surface area contributed by atoms with Crippen molar-refractivity contribution in [3.8, 4) is 0 Å². The maximum Gasteiger partial charge on any atom is 0.321 e. The minimum Gasteiger partial charge on any atom is -0.338 e. The van der Waals surface area contributed by atoms with Crippen LogP contribution in [0.1, 0.15) is 23.6 Å². The third kappa shape index (κ3) is 3.53. The first kappa shape index (κ1) is 18.3. The van der Waals surface area contributed by atoms with Crippen molar-refractivity contribution in [2.24, 2.45) is 0 Å². The normalized spacial score (nSPS) is 13.4. The smallest absolute Gasteiger partial charge is 0.321 e. The summed E-state index contributed by atoms with van der Waals surface area (Å²) in [6, 6.07) is 10.2. The van der Waals surface area contributed by atoms with Crippen LogP contribution < -0.4 is 14.9 Å². The van der Waals surface area contributed by atoms with Crippen LogP contribution >= 0.6 is 0 Å². The fourth-order valence-corrected chi connectivity index (χ4v) is 4.12. The Hall–Kier alpha value is -2.54. The number of anilines is 2. The zero-order valence-electron chi connectivity index (χ0n) is 15.2. The Labute approximate surface area is 154 Å². The first-order valence-electron chi connectivity index (χ1n) is 8.60. The Morgan fingerprint density at radius 2 is 1.88 bits per heavy atom. The molecule has 1 aliphatic rings. The Morgan fingerprint density at radius 3 is 2.58 bits per heavy atom. The second kappa shape index (κ2) is 6.99. The number of fused-ring (bicyclic) bond motifs is 1. The van der Waals surface area contributed by atoms with E-state index in [-0.39, 0.29) is 10.9 Å². The molecule has 26 heavy (non-hydrogen) atoms. The molecule has 2 aromatic rings. The van der Waals surface area contributed by atoms with E-state index in [4.69, 9.17) is 0 Å². The van der Waals surface area contributed by atoms with Crippen molar-refractivity contribution in [1.29, 1.82) is 0 Å². The molecule has 0 atom stereocenters. The molecule has 6 nitrogen and oxygen atoms in total. The molecule has 0 spiro atoms. The summed E-state index contributed by atoms with van der Waals surface area (Å²) in [4.78, 5) is 13.9. The van der Waals surface area contributed by atoms with Crippen molar-refractivity contribution < 1.29 is 13.2 Å². The number of rotatable bonds is 4. The zero-order valence-corrected chi connectivity index (χ0v) is 16.0. The van der Waals surface area contributed by atoms with Crippen LogP contribution in [0.25, 0.3) is 0 Å². The van der Waals surface area contributed by atoms with Crippen molar-refractivity contribution >= 4 is 27.4 Å². The molecule has 0 aromatic heterocycles. The number of nitrogens with zero attached hydrogens (tertiary/aromatic N) is 1. The Balaban J connectivity index is 1.86. The summed E-state index contributed by atoms with van der Waals surface area (Å²) in [6.07, 6.45) is 0.638. The summed E-state index contributed by atoms with van der Waals surface area (Å²) in [6.45, 7) is 6.89. The number of hydrogen-bond donors (Lipinski definition) is 2. The highest BCUT2D eigenvalue weighted by atomic mass is 32.2. The maximum atomic E-state index is 12.7. The van der Waals surface area contributed by atoms with Crippen LogP contribution in [-0.2, 0) is 16.4 Å². The van der Waals surface area contributed by atoms with Crippen LogP contribution in [-0.4, -0.2) is 27.5 Å². The van der Waals surface area contributed by atoms with E-state index in [0.717, 1.165) is 22.4 Å². The van der Waals surface area contributed by atoms with Gasteiger partial charge in [0.15, 0.2) is 0 Å². The number of urea groups is 1.